The Kier molecular flexibility index (Phi) is 6.60. The van der Waals surface area contributed by atoms with Gasteiger partial charge in [0, 0.05) is 12.6 Å². The number of alkyl halides is 3. The summed E-state index contributed by atoms with van der Waals surface area (Å²) in [5, 5.41) is 12.3. The molecule has 0 unspecified atom stereocenters. The molecule has 138 valence electrons. The number of rotatable bonds is 8. The van der Waals surface area contributed by atoms with Crippen LogP contribution in [0.25, 0.3) is 0 Å². The molecule has 0 heterocycles. The van der Waals surface area contributed by atoms with Crippen molar-refractivity contribution in [2.75, 3.05) is 6.61 Å². The first-order valence-electron chi connectivity index (χ1n) is 7.58. The number of ether oxygens (including phenoxy) is 1. The van der Waals surface area contributed by atoms with E-state index in [4.69, 9.17) is 14.7 Å². The van der Waals surface area contributed by atoms with E-state index in [0.29, 0.717) is 17.7 Å². The summed E-state index contributed by atoms with van der Waals surface area (Å²) in [5.41, 5.74) is 0.783. The fourth-order valence-electron chi connectivity index (χ4n) is 1.96. The Bertz CT molecular complexity index is 741. The lowest BCUT2D eigenvalue weighted by atomic mass is 10.1. The van der Waals surface area contributed by atoms with Crippen molar-refractivity contribution in [2.45, 2.75) is 19.2 Å². The number of benzene rings is 2. The fourth-order valence-corrected chi connectivity index (χ4v) is 1.96. The Morgan fingerprint density at radius 1 is 1.04 bits per heavy atom. The summed E-state index contributed by atoms with van der Waals surface area (Å²) in [6, 6.07) is 11.5. The van der Waals surface area contributed by atoms with Crippen LogP contribution in [-0.4, -0.2) is 23.9 Å². The van der Waals surface area contributed by atoms with Crippen molar-refractivity contribution in [1.29, 1.82) is 0 Å². The highest BCUT2D eigenvalue weighted by molar-refractivity contribution is 5.68. The molecule has 2 aromatic rings. The number of hydrogen-bond donors (Lipinski definition) is 1. The molecule has 0 radical (unpaired) electrons. The first kappa shape index (κ1) is 19.3. The van der Waals surface area contributed by atoms with Gasteiger partial charge in [-0.25, -0.2) is 4.79 Å². The summed E-state index contributed by atoms with van der Waals surface area (Å²) >= 11 is 0. The van der Waals surface area contributed by atoms with E-state index in [1.807, 2.05) is 0 Å². The molecule has 5 nitrogen and oxygen atoms in total. The average Bonchev–Trinajstić information content (AvgIpc) is 2.60. The Hall–Kier alpha value is -3.03. The maximum absolute atomic E-state index is 12.4. The molecule has 0 aliphatic rings. The van der Waals surface area contributed by atoms with Crippen molar-refractivity contribution < 1.29 is 32.6 Å². The number of oxime groups is 1. The minimum atomic E-state index is -4.36. The minimum Gasteiger partial charge on any atom is -0.482 e. The zero-order valence-corrected chi connectivity index (χ0v) is 13.6. The van der Waals surface area contributed by atoms with E-state index in [9.17, 15) is 18.0 Å². The molecule has 0 amide bonds. The van der Waals surface area contributed by atoms with Crippen molar-refractivity contribution in [1.82, 2.24) is 0 Å². The molecule has 0 fully saturated rings. The Balaban J connectivity index is 1.74. The number of carbonyl (C=O) groups is 1. The van der Waals surface area contributed by atoms with Crippen LogP contribution in [0.15, 0.2) is 53.7 Å². The number of nitrogens with zero attached hydrogens (tertiary/aromatic N) is 1. The van der Waals surface area contributed by atoms with E-state index in [2.05, 4.69) is 5.16 Å². The van der Waals surface area contributed by atoms with Gasteiger partial charge in [0.25, 0.3) is 0 Å². The van der Waals surface area contributed by atoms with E-state index in [-0.39, 0.29) is 6.61 Å². The van der Waals surface area contributed by atoms with Crippen molar-refractivity contribution in [3.8, 4) is 5.75 Å². The lowest BCUT2D eigenvalue weighted by molar-refractivity contribution is -0.139. The van der Waals surface area contributed by atoms with Crippen LogP contribution >= 0.6 is 0 Å². The summed E-state index contributed by atoms with van der Waals surface area (Å²) < 4.78 is 42.4. The molecule has 0 aliphatic heterocycles. The molecule has 1 N–H and O–H groups in total. The molecule has 0 aliphatic carbocycles. The predicted octanol–water partition coefficient (Wildman–Crippen LogP) is 3.91. The van der Waals surface area contributed by atoms with E-state index in [1.54, 1.807) is 24.3 Å². The van der Waals surface area contributed by atoms with E-state index < -0.39 is 24.3 Å². The highest BCUT2D eigenvalue weighted by atomic mass is 19.4. The van der Waals surface area contributed by atoms with Gasteiger partial charge in [-0.1, -0.05) is 29.4 Å². The Labute approximate surface area is 147 Å². The first-order chi connectivity index (χ1) is 12.3. The number of aliphatic carboxylic acids is 1. The van der Waals surface area contributed by atoms with Gasteiger partial charge in [-0.15, -0.1) is 0 Å². The summed E-state index contributed by atoms with van der Waals surface area (Å²) in [6.07, 6.45) is -2.35. The average molecular weight is 367 g/mol. The van der Waals surface area contributed by atoms with E-state index in [0.717, 1.165) is 17.7 Å². The molecule has 0 aromatic heterocycles. The quantitative estimate of drug-likeness (QED) is 0.567. The lowest BCUT2D eigenvalue weighted by Crippen LogP contribution is -2.09. The monoisotopic (exact) mass is 367 g/mol. The van der Waals surface area contributed by atoms with E-state index >= 15 is 0 Å². The van der Waals surface area contributed by atoms with Crippen LogP contribution in [0.2, 0.25) is 0 Å². The van der Waals surface area contributed by atoms with Gasteiger partial charge in [0.1, 0.15) is 12.4 Å². The van der Waals surface area contributed by atoms with Crippen LogP contribution in [0.3, 0.4) is 0 Å². The molecule has 0 saturated carbocycles. The van der Waals surface area contributed by atoms with Gasteiger partial charge in [0.2, 0.25) is 0 Å². The molecule has 2 rings (SSSR count). The van der Waals surface area contributed by atoms with Gasteiger partial charge in [0.15, 0.2) is 6.61 Å². The zero-order valence-electron chi connectivity index (χ0n) is 13.6. The van der Waals surface area contributed by atoms with Crippen LogP contribution in [0, 0.1) is 0 Å². The lowest BCUT2D eigenvalue weighted by Gasteiger charge is -2.07. The van der Waals surface area contributed by atoms with Crippen LogP contribution in [-0.2, 0) is 28.8 Å². The van der Waals surface area contributed by atoms with Crippen molar-refractivity contribution >= 4 is 12.2 Å². The Morgan fingerprint density at radius 2 is 1.65 bits per heavy atom. The molecule has 0 atom stereocenters. The maximum Gasteiger partial charge on any atom is 0.416 e. The third-order valence-corrected chi connectivity index (χ3v) is 3.27. The van der Waals surface area contributed by atoms with Gasteiger partial charge in [-0.2, -0.15) is 13.2 Å². The molecule has 0 spiro atoms. The third kappa shape index (κ3) is 6.46. The second-order valence-corrected chi connectivity index (χ2v) is 5.29. The third-order valence-electron chi connectivity index (χ3n) is 3.27. The van der Waals surface area contributed by atoms with Gasteiger partial charge in [0.05, 0.1) is 5.56 Å². The number of carboxylic acids is 1. The molecule has 0 bridgehead atoms. The van der Waals surface area contributed by atoms with Gasteiger partial charge >= 0.3 is 12.1 Å². The van der Waals surface area contributed by atoms with Gasteiger partial charge in [-0.3, -0.25) is 0 Å². The molecule has 2 aromatic carbocycles. The molecular weight excluding hydrogens is 351 g/mol. The van der Waals surface area contributed by atoms with Crippen molar-refractivity contribution in [2.24, 2.45) is 5.16 Å². The minimum absolute atomic E-state index is 0.0661. The highest BCUT2D eigenvalue weighted by Crippen LogP contribution is 2.29. The second-order valence-electron chi connectivity index (χ2n) is 5.29. The van der Waals surface area contributed by atoms with Crippen LogP contribution in [0.1, 0.15) is 16.7 Å². The maximum atomic E-state index is 12.4. The number of hydrogen-bond acceptors (Lipinski definition) is 4. The summed E-state index contributed by atoms with van der Waals surface area (Å²) in [6.45, 7) is -0.338. The fraction of sp³-hybridized carbons (Fsp3) is 0.222. The summed E-state index contributed by atoms with van der Waals surface area (Å²) in [4.78, 5) is 15.5. The summed E-state index contributed by atoms with van der Waals surface area (Å²) in [7, 11) is 0. The first-order valence-corrected chi connectivity index (χ1v) is 7.58. The smallest absolute Gasteiger partial charge is 0.416 e. The number of halogens is 3. The van der Waals surface area contributed by atoms with Crippen LogP contribution in [0.4, 0.5) is 13.2 Å². The topological polar surface area (TPSA) is 68.1 Å². The largest absolute Gasteiger partial charge is 0.482 e. The normalized spacial score (nSPS) is 11.5. The Morgan fingerprint density at radius 3 is 2.23 bits per heavy atom. The predicted molar refractivity (Wildman–Crippen MR) is 88.0 cm³/mol. The molecular formula is C18H16F3NO4. The molecule has 26 heavy (non-hydrogen) atoms. The van der Waals surface area contributed by atoms with E-state index in [1.165, 1.54) is 18.3 Å². The number of carboxylic acid groups (broad SMARTS) is 1. The van der Waals surface area contributed by atoms with Crippen LogP contribution in [0.5, 0.6) is 5.75 Å². The second kappa shape index (κ2) is 8.89. The molecule has 0 saturated heterocycles. The van der Waals surface area contributed by atoms with Crippen LogP contribution < -0.4 is 4.74 Å². The SMILES string of the molecule is O=C(O)COc1ccc(CC=NOCc2ccc(C(F)(F)F)cc2)cc1. The van der Waals surface area contributed by atoms with Crippen molar-refractivity contribution in [3.05, 3.63) is 65.2 Å². The van der Waals surface area contributed by atoms with Gasteiger partial charge in [-0.05, 0) is 35.4 Å². The standard InChI is InChI=1S/C18H16F3NO4/c19-18(20,21)15-5-1-14(2-6-15)11-26-22-10-9-13-3-7-16(8-4-13)25-12-17(23)24/h1-8,10H,9,11-12H2,(H,23,24). The van der Waals surface area contributed by atoms with Crippen molar-refractivity contribution in [3.63, 3.8) is 0 Å². The molecule has 8 heteroatoms. The highest BCUT2D eigenvalue weighted by Gasteiger charge is 2.29. The zero-order chi connectivity index (χ0) is 19.0. The summed E-state index contributed by atoms with van der Waals surface area (Å²) in [5.74, 6) is -0.599. The van der Waals surface area contributed by atoms with Gasteiger partial charge < -0.3 is 14.7 Å².